The third-order valence-corrected chi connectivity index (χ3v) is 7.36. The molecule has 1 aliphatic heterocycles. The van der Waals surface area contributed by atoms with Gasteiger partial charge in [-0.3, -0.25) is 4.79 Å². The minimum atomic E-state index is -0.610. The molecule has 176 valence electrons. The van der Waals surface area contributed by atoms with Crippen LogP contribution in [0.5, 0.6) is 11.5 Å². The van der Waals surface area contributed by atoms with Gasteiger partial charge in [-0.2, -0.15) is 0 Å². The number of carbonyl (C=O) groups is 2. The highest BCUT2D eigenvalue weighted by Crippen LogP contribution is 2.43. The van der Waals surface area contributed by atoms with Crippen molar-refractivity contribution in [3.63, 3.8) is 0 Å². The molecule has 2 N–H and O–H groups in total. The third-order valence-electron chi connectivity index (χ3n) is 6.17. The van der Waals surface area contributed by atoms with Gasteiger partial charge in [0.15, 0.2) is 11.5 Å². The fraction of sp³-hybridized carbons (Fsp3) is 0.308. The lowest BCUT2D eigenvalue weighted by molar-refractivity contribution is 0.0728. The zero-order valence-electron chi connectivity index (χ0n) is 18.9. The molecule has 2 aromatic carbocycles. The minimum absolute atomic E-state index is 0.0735. The summed E-state index contributed by atoms with van der Waals surface area (Å²) in [5.41, 5.74) is 2.97. The molecule has 6 nitrogen and oxygen atoms in total. The van der Waals surface area contributed by atoms with Crippen molar-refractivity contribution in [3.8, 4) is 11.5 Å². The van der Waals surface area contributed by atoms with Crippen LogP contribution >= 0.6 is 11.3 Å². The number of anilines is 1. The van der Waals surface area contributed by atoms with E-state index in [0.717, 1.165) is 35.4 Å². The molecule has 0 saturated carbocycles. The van der Waals surface area contributed by atoms with Crippen molar-refractivity contribution >= 4 is 28.2 Å². The molecule has 0 radical (unpaired) electrons. The highest BCUT2D eigenvalue weighted by atomic mass is 32.1. The van der Waals surface area contributed by atoms with Gasteiger partial charge in [0, 0.05) is 4.88 Å². The van der Waals surface area contributed by atoms with Crippen molar-refractivity contribution in [1.29, 1.82) is 0 Å². The molecule has 0 bridgehead atoms. The zero-order chi connectivity index (χ0) is 23.8. The Morgan fingerprint density at radius 3 is 2.71 bits per heavy atom. The van der Waals surface area contributed by atoms with E-state index in [1.165, 1.54) is 34.7 Å². The Hall–Kier alpha value is -3.39. The monoisotopic (exact) mass is 480 g/mol. The second kappa shape index (κ2) is 9.10. The summed E-state index contributed by atoms with van der Waals surface area (Å²) in [4.78, 5) is 26.8. The van der Waals surface area contributed by atoms with Crippen molar-refractivity contribution < 1.29 is 23.5 Å². The van der Waals surface area contributed by atoms with Gasteiger partial charge in [0.1, 0.15) is 17.0 Å². The van der Waals surface area contributed by atoms with Crippen molar-refractivity contribution in [3.05, 3.63) is 75.4 Å². The molecule has 3 aromatic rings. The number of nitrogens with one attached hydrogen (secondary N) is 2. The first kappa shape index (κ1) is 22.4. The summed E-state index contributed by atoms with van der Waals surface area (Å²) >= 11 is 1.67. The first-order valence-electron chi connectivity index (χ1n) is 11.4. The van der Waals surface area contributed by atoms with E-state index < -0.39 is 18.0 Å². The van der Waals surface area contributed by atoms with Crippen molar-refractivity contribution in [2.24, 2.45) is 5.92 Å². The molecule has 1 aliphatic carbocycles. The van der Waals surface area contributed by atoms with Gasteiger partial charge in [-0.15, -0.1) is 11.3 Å². The molecule has 2 aliphatic rings. The summed E-state index contributed by atoms with van der Waals surface area (Å²) in [7, 11) is 0. The number of halogens is 1. The standard InChI is InChI=1S/C26H25FN2O4S/c1-3-32-20-13-16(7-11-19(20)33-26(31)15-5-8-17(27)9-6-15)23-28-24(30)22-18-10-4-14(2)12-21(18)34-25(22)29-23/h5-9,11,13-14,23,29H,3-4,10,12H2,1-2H3,(H,28,30)/t14-,23+/m1/s1. The number of amides is 1. The maximum atomic E-state index is 13.2. The van der Waals surface area contributed by atoms with E-state index in [0.29, 0.717) is 18.3 Å². The maximum Gasteiger partial charge on any atom is 0.343 e. The summed E-state index contributed by atoms with van der Waals surface area (Å²) in [5.74, 6) is 0.156. The number of carbonyl (C=O) groups excluding carboxylic acids is 2. The van der Waals surface area contributed by atoms with E-state index >= 15 is 0 Å². The fourth-order valence-electron chi connectivity index (χ4n) is 4.43. The van der Waals surface area contributed by atoms with Gasteiger partial charge in [-0.25, -0.2) is 9.18 Å². The topological polar surface area (TPSA) is 76.7 Å². The van der Waals surface area contributed by atoms with Gasteiger partial charge < -0.3 is 20.1 Å². The molecule has 0 spiro atoms. The Labute approximate surface area is 201 Å². The lowest BCUT2D eigenvalue weighted by Crippen LogP contribution is -2.38. The molecule has 1 aromatic heterocycles. The molecule has 1 amide bonds. The predicted molar refractivity (Wildman–Crippen MR) is 128 cm³/mol. The van der Waals surface area contributed by atoms with E-state index in [-0.39, 0.29) is 17.2 Å². The molecule has 5 rings (SSSR count). The second-order valence-corrected chi connectivity index (χ2v) is 9.75. The quantitative estimate of drug-likeness (QED) is 0.373. The maximum absolute atomic E-state index is 13.2. The molecule has 2 atom stereocenters. The van der Waals surface area contributed by atoms with Crippen LogP contribution in [-0.4, -0.2) is 18.5 Å². The number of hydrogen-bond donors (Lipinski definition) is 2. The van der Waals surface area contributed by atoms with Gasteiger partial charge in [0.05, 0.1) is 17.7 Å². The van der Waals surface area contributed by atoms with Gasteiger partial charge in [-0.05, 0) is 79.6 Å². The number of fused-ring (bicyclic) bond motifs is 3. The van der Waals surface area contributed by atoms with Gasteiger partial charge in [0.25, 0.3) is 5.91 Å². The van der Waals surface area contributed by atoms with E-state index in [4.69, 9.17) is 9.47 Å². The van der Waals surface area contributed by atoms with Crippen LogP contribution in [0.25, 0.3) is 0 Å². The number of hydrogen-bond acceptors (Lipinski definition) is 6. The van der Waals surface area contributed by atoms with Crippen LogP contribution in [0.15, 0.2) is 42.5 Å². The molecule has 0 saturated heterocycles. The average molecular weight is 481 g/mol. The number of rotatable bonds is 5. The fourth-order valence-corrected chi connectivity index (χ4v) is 5.87. The Kier molecular flexibility index (Phi) is 6.00. The lowest BCUT2D eigenvalue weighted by Gasteiger charge is -2.27. The van der Waals surface area contributed by atoms with Crippen LogP contribution in [-0.2, 0) is 12.8 Å². The predicted octanol–water partition coefficient (Wildman–Crippen LogP) is 5.48. The molecule has 8 heteroatoms. The smallest absolute Gasteiger partial charge is 0.343 e. The molecule has 0 fully saturated rings. The summed E-state index contributed by atoms with van der Waals surface area (Å²) < 4.78 is 24.4. The number of esters is 1. The van der Waals surface area contributed by atoms with Gasteiger partial charge >= 0.3 is 5.97 Å². The summed E-state index contributed by atoms with van der Waals surface area (Å²) in [6, 6.07) is 10.3. The molecule has 2 heterocycles. The Bertz CT molecular complexity index is 1250. The summed E-state index contributed by atoms with van der Waals surface area (Å²) in [6.45, 7) is 4.45. The summed E-state index contributed by atoms with van der Waals surface area (Å²) in [6.07, 6.45) is 2.61. The SMILES string of the molecule is CCOc1cc([C@H]2NC(=O)c3c(sc4c3CC[C@@H](C)C4)N2)ccc1OC(=O)c1ccc(F)cc1. The Morgan fingerprint density at radius 2 is 1.94 bits per heavy atom. The Morgan fingerprint density at radius 1 is 1.15 bits per heavy atom. The molecular weight excluding hydrogens is 455 g/mol. The van der Waals surface area contributed by atoms with Crippen LogP contribution in [0.4, 0.5) is 9.39 Å². The second-order valence-electron chi connectivity index (χ2n) is 8.64. The van der Waals surface area contributed by atoms with Crippen LogP contribution < -0.4 is 20.1 Å². The van der Waals surface area contributed by atoms with Crippen molar-refractivity contribution in [1.82, 2.24) is 5.32 Å². The van der Waals surface area contributed by atoms with Crippen LogP contribution in [0.1, 0.15) is 63.2 Å². The highest BCUT2D eigenvalue weighted by Gasteiger charge is 2.33. The molecule has 0 unspecified atom stereocenters. The molecule has 34 heavy (non-hydrogen) atoms. The van der Waals surface area contributed by atoms with Crippen molar-refractivity contribution in [2.45, 2.75) is 39.3 Å². The Balaban J connectivity index is 1.39. The minimum Gasteiger partial charge on any atom is -0.490 e. The first-order valence-corrected chi connectivity index (χ1v) is 12.2. The lowest BCUT2D eigenvalue weighted by atomic mass is 9.88. The highest BCUT2D eigenvalue weighted by molar-refractivity contribution is 7.16. The number of thiophene rings is 1. The first-order chi connectivity index (χ1) is 16.4. The third kappa shape index (κ3) is 4.25. The number of ether oxygens (including phenoxy) is 2. The van der Waals surface area contributed by atoms with E-state index in [1.807, 2.05) is 6.92 Å². The van der Waals surface area contributed by atoms with Crippen LogP contribution in [0.2, 0.25) is 0 Å². The number of benzene rings is 2. The zero-order valence-corrected chi connectivity index (χ0v) is 19.8. The molecular formula is C26H25FN2O4S. The normalized spacial score (nSPS) is 18.9. The van der Waals surface area contributed by atoms with Crippen LogP contribution in [0, 0.1) is 11.7 Å². The van der Waals surface area contributed by atoms with E-state index in [1.54, 1.807) is 29.5 Å². The summed E-state index contributed by atoms with van der Waals surface area (Å²) in [5, 5.41) is 7.42. The van der Waals surface area contributed by atoms with Gasteiger partial charge in [-0.1, -0.05) is 13.0 Å². The van der Waals surface area contributed by atoms with Crippen molar-refractivity contribution in [2.75, 3.05) is 11.9 Å². The average Bonchev–Trinajstić information content (AvgIpc) is 3.18. The van der Waals surface area contributed by atoms with E-state index in [9.17, 15) is 14.0 Å². The van der Waals surface area contributed by atoms with Gasteiger partial charge in [0.2, 0.25) is 0 Å². The van der Waals surface area contributed by atoms with Crippen LogP contribution in [0.3, 0.4) is 0 Å². The van der Waals surface area contributed by atoms with E-state index in [2.05, 4.69) is 17.6 Å². The largest absolute Gasteiger partial charge is 0.490 e.